The van der Waals surface area contributed by atoms with Gasteiger partial charge in [-0.05, 0) is 99.2 Å². The molecule has 1 unspecified atom stereocenters. The summed E-state index contributed by atoms with van der Waals surface area (Å²) >= 11 is 6.76. The Morgan fingerprint density at radius 2 is 1.69 bits per heavy atom. The number of nitrogens with zero attached hydrogens (tertiary/aromatic N) is 5. The smallest absolute Gasteiger partial charge is 0.261 e. The van der Waals surface area contributed by atoms with E-state index in [0.717, 1.165) is 84.6 Å². The molecule has 2 saturated heterocycles. The third-order valence-electron chi connectivity index (χ3n) is 12.6. The minimum absolute atomic E-state index is 0.0225. The fourth-order valence-corrected chi connectivity index (χ4v) is 9.38. The lowest BCUT2D eigenvalue weighted by Gasteiger charge is -2.39. The van der Waals surface area contributed by atoms with Gasteiger partial charge < -0.3 is 30.9 Å². The number of nitrogens with one attached hydrogen (secondary N) is 3. The molecule has 2 aromatic heterocycles. The quantitative estimate of drug-likeness (QED) is 0.111. The van der Waals surface area contributed by atoms with Crippen LogP contribution in [0.3, 0.4) is 0 Å². The number of halogens is 1. The van der Waals surface area contributed by atoms with Crippen LogP contribution in [0.1, 0.15) is 72.1 Å². The Labute approximate surface area is 360 Å². The lowest BCUT2D eigenvalue weighted by atomic mass is 9.88. The van der Waals surface area contributed by atoms with Crippen molar-refractivity contribution in [3.63, 3.8) is 0 Å². The van der Waals surface area contributed by atoms with Gasteiger partial charge in [-0.3, -0.25) is 28.7 Å². The Hall–Kier alpha value is -5.21. The largest absolute Gasteiger partial charge is 0.388 e. The number of benzene rings is 3. The molecule has 3 aromatic carbocycles. The van der Waals surface area contributed by atoms with Crippen LogP contribution < -0.4 is 21.5 Å². The number of carbonyl (C=O) groups is 3. The highest BCUT2D eigenvalue weighted by Crippen LogP contribution is 2.33. The fraction of sp³-hybridized carbons (Fsp3) is 0.447. The Morgan fingerprint density at radius 3 is 2.49 bits per heavy atom. The predicted molar refractivity (Wildman–Crippen MR) is 238 cm³/mol. The molecule has 5 aromatic rings. The van der Waals surface area contributed by atoms with E-state index < -0.39 is 5.60 Å². The first-order chi connectivity index (χ1) is 29.6. The van der Waals surface area contributed by atoms with Crippen LogP contribution in [0.4, 0.5) is 5.69 Å². The number of piperidine rings is 1. The topological polar surface area (TPSA) is 162 Å². The van der Waals surface area contributed by atoms with Crippen molar-refractivity contribution in [2.75, 3.05) is 57.7 Å². The minimum atomic E-state index is -1.20. The number of amides is 3. The third kappa shape index (κ3) is 10.3. The fourth-order valence-electron chi connectivity index (χ4n) is 9.02. The van der Waals surface area contributed by atoms with Crippen molar-refractivity contribution in [3.05, 3.63) is 111 Å². The number of aliphatic hydroxyl groups is 1. The molecule has 13 nitrogen and oxygen atoms in total. The summed E-state index contributed by atoms with van der Waals surface area (Å²) in [5, 5.41) is 23.0. The van der Waals surface area contributed by atoms with Crippen molar-refractivity contribution < 1.29 is 19.5 Å². The summed E-state index contributed by atoms with van der Waals surface area (Å²) in [4.78, 5) is 67.0. The monoisotopic (exact) mass is 846 g/mol. The number of pyridine rings is 1. The summed E-state index contributed by atoms with van der Waals surface area (Å²) in [7, 11) is 0. The van der Waals surface area contributed by atoms with E-state index in [1.165, 1.54) is 10.9 Å². The van der Waals surface area contributed by atoms with Crippen molar-refractivity contribution in [2.24, 2.45) is 5.92 Å². The van der Waals surface area contributed by atoms with Gasteiger partial charge in [-0.2, -0.15) is 0 Å². The molecular weight excluding hydrogens is 792 g/mol. The summed E-state index contributed by atoms with van der Waals surface area (Å²) in [6, 6.07) is 20.5. The normalized spacial score (nSPS) is 17.2. The van der Waals surface area contributed by atoms with E-state index in [9.17, 15) is 24.3 Å². The molecule has 61 heavy (non-hydrogen) atoms. The zero-order chi connectivity index (χ0) is 42.3. The highest BCUT2D eigenvalue weighted by molar-refractivity contribution is 6.36. The van der Waals surface area contributed by atoms with Gasteiger partial charge in [-0.15, -0.1) is 0 Å². The molecule has 0 bridgehead atoms. The van der Waals surface area contributed by atoms with Crippen LogP contribution in [0.2, 0.25) is 5.02 Å². The van der Waals surface area contributed by atoms with Crippen molar-refractivity contribution in [1.29, 1.82) is 0 Å². The molecule has 1 aliphatic carbocycles. The molecule has 4 N–H and O–H groups in total. The number of anilines is 1. The standard InChI is InChI=1S/C47H55ClN8O5/c48-43-36-10-4-5-11-39(36)53-41-28-33(12-14-37(41)43)44(58)50-19-6-9-34(27-32-7-2-1-3-8-32)45(59)55-23-17-47(61,18-24-55)30-56-31-51-40-29-35(13-15-38(40)46(56)60)52-42(57)16-22-54-25-20-49-21-26-54/h1-3,7-8,12-15,28-29,31,34,49,61H,4-6,9-11,16-27,30H2,(H,50,58)(H,52,57). The van der Waals surface area contributed by atoms with E-state index in [4.69, 9.17) is 16.6 Å². The zero-order valence-electron chi connectivity index (χ0n) is 34.6. The van der Waals surface area contributed by atoms with Gasteiger partial charge in [0.25, 0.3) is 11.5 Å². The number of rotatable bonds is 14. The molecule has 1 atom stereocenters. The maximum absolute atomic E-state index is 14.1. The number of hydrogen-bond donors (Lipinski definition) is 4. The van der Waals surface area contributed by atoms with Crippen molar-refractivity contribution in [3.8, 4) is 0 Å². The van der Waals surface area contributed by atoms with Gasteiger partial charge in [-0.1, -0.05) is 48.0 Å². The van der Waals surface area contributed by atoms with Crippen LogP contribution in [0.25, 0.3) is 21.8 Å². The zero-order valence-corrected chi connectivity index (χ0v) is 35.4. The van der Waals surface area contributed by atoms with Gasteiger partial charge in [0.2, 0.25) is 11.8 Å². The van der Waals surface area contributed by atoms with Crippen LogP contribution in [-0.4, -0.2) is 105 Å². The molecule has 0 spiro atoms. The molecule has 2 fully saturated rings. The Kier molecular flexibility index (Phi) is 13.4. The molecule has 3 amide bonds. The van der Waals surface area contributed by atoms with E-state index >= 15 is 0 Å². The van der Waals surface area contributed by atoms with Crippen LogP contribution in [0.15, 0.2) is 77.9 Å². The van der Waals surface area contributed by atoms with Gasteiger partial charge >= 0.3 is 0 Å². The predicted octanol–water partition coefficient (Wildman–Crippen LogP) is 5.13. The van der Waals surface area contributed by atoms with E-state index in [-0.39, 0.29) is 35.7 Å². The van der Waals surface area contributed by atoms with Gasteiger partial charge in [0.05, 0.1) is 39.9 Å². The van der Waals surface area contributed by atoms with Crippen LogP contribution in [0.5, 0.6) is 0 Å². The Morgan fingerprint density at radius 1 is 0.918 bits per heavy atom. The van der Waals surface area contributed by atoms with E-state index in [1.54, 1.807) is 24.3 Å². The molecule has 3 aliphatic rings. The molecule has 0 saturated carbocycles. The number of piperazine rings is 1. The van der Waals surface area contributed by atoms with E-state index in [2.05, 4.69) is 25.8 Å². The van der Waals surface area contributed by atoms with Crippen LogP contribution in [0, 0.1) is 5.92 Å². The second-order valence-corrected chi connectivity index (χ2v) is 17.3. The van der Waals surface area contributed by atoms with Crippen LogP contribution >= 0.6 is 11.6 Å². The Balaban J connectivity index is 0.850. The van der Waals surface area contributed by atoms with E-state index in [0.29, 0.717) is 86.9 Å². The summed E-state index contributed by atoms with van der Waals surface area (Å²) in [6.45, 7) is 5.57. The molecule has 8 rings (SSSR count). The highest BCUT2D eigenvalue weighted by atomic mass is 35.5. The highest BCUT2D eigenvalue weighted by Gasteiger charge is 2.36. The maximum Gasteiger partial charge on any atom is 0.261 e. The van der Waals surface area contributed by atoms with Gasteiger partial charge in [0, 0.05) is 87.0 Å². The molecule has 2 aliphatic heterocycles. The summed E-state index contributed by atoms with van der Waals surface area (Å²) in [6.07, 6.45) is 8.24. The maximum atomic E-state index is 14.1. The first kappa shape index (κ1) is 42.5. The molecular formula is C47H55ClN8O5. The molecule has 14 heteroatoms. The van der Waals surface area contributed by atoms with Gasteiger partial charge in [-0.25, -0.2) is 4.98 Å². The number of carbonyl (C=O) groups excluding carboxylic acids is 3. The van der Waals surface area contributed by atoms with Crippen molar-refractivity contribution in [2.45, 2.75) is 76.4 Å². The number of fused-ring (bicyclic) bond motifs is 3. The number of hydrogen-bond acceptors (Lipinski definition) is 9. The van der Waals surface area contributed by atoms with Crippen LogP contribution in [-0.2, 0) is 35.4 Å². The van der Waals surface area contributed by atoms with Gasteiger partial charge in [0.1, 0.15) is 0 Å². The molecule has 4 heterocycles. The number of likely N-dealkylation sites (tertiary alicyclic amines) is 1. The summed E-state index contributed by atoms with van der Waals surface area (Å²) in [5.41, 5.74) is 4.05. The first-order valence-electron chi connectivity index (χ1n) is 21.8. The van der Waals surface area contributed by atoms with Crippen molar-refractivity contribution in [1.82, 2.24) is 35.0 Å². The number of aryl methyl sites for hydroxylation is 1. The average molecular weight is 847 g/mol. The second kappa shape index (κ2) is 19.2. The summed E-state index contributed by atoms with van der Waals surface area (Å²) < 4.78 is 1.44. The molecule has 0 radical (unpaired) electrons. The second-order valence-electron chi connectivity index (χ2n) is 16.9. The number of aromatic nitrogens is 3. The SMILES string of the molecule is O=C(CCN1CCNCC1)Nc1ccc2c(=O)n(CC3(O)CCN(C(=O)C(CCCNC(=O)c4ccc5c(Cl)c6c(nc5c4)CCCC6)Cc4ccccc4)CC3)cnc2c1. The lowest BCUT2D eigenvalue weighted by Crippen LogP contribution is -2.51. The first-order valence-corrected chi connectivity index (χ1v) is 22.2. The molecule has 320 valence electrons. The Bertz CT molecular complexity index is 2450. The summed E-state index contributed by atoms with van der Waals surface area (Å²) in [5.74, 6) is -0.565. The van der Waals surface area contributed by atoms with Gasteiger partial charge in [0.15, 0.2) is 0 Å². The minimum Gasteiger partial charge on any atom is -0.388 e. The van der Waals surface area contributed by atoms with E-state index in [1.807, 2.05) is 47.4 Å². The lowest BCUT2D eigenvalue weighted by molar-refractivity contribution is -0.140. The average Bonchev–Trinajstić information content (AvgIpc) is 3.28. The van der Waals surface area contributed by atoms with Crippen molar-refractivity contribution >= 4 is 56.8 Å². The third-order valence-corrected chi connectivity index (χ3v) is 13.0.